The first kappa shape index (κ1) is 30.6. The number of thiazole rings is 1. The van der Waals surface area contributed by atoms with Gasteiger partial charge in [-0.15, -0.1) is 23.7 Å². The Morgan fingerprint density at radius 3 is 2.60 bits per heavy atom. The van der Waals surface area contributed by atoms with Crippen LogP contribution in [0.25, 0.3) is 21.8 Å². The van der Waals surface area contributed by atoms with Crippen molar-refractivity contribution in [1.82, 2.24) is 25.2 Å². The van der Waals surface area contributed by atoms with Gasteiger partial charge in [0.25, 0.3) is 0 Å². The Kier molecular flexibility index (Phi) is 10.3. The van der Waals surface area contributed by atoms with Crippen LogP contribution in [0.3, 0.4) is 0 Å². The van der Waals surface area contributed by atoms with Crippen molar-refractivity contribution in [2.45, 2.75) is 44.9 Å². The van der Waals surface area contributed by atoms with Gasteiger partial charge in [-0.05, 0) is 82.4 Å². The number of nitrogens with two attached hydrogens (primary N) is 1. The first-order valence-electron chi connectivity index (χ1n) is 13.6. The number of piperidine rings is 2. The van der Waals surface area contributed by atoms with E-state index in [9.17, 15) is 8.42 Å². The van der Waals surface area contributed by atoms with Gasteiger partial charge in [-0.2, -0.15) is 0 Å². The van der Waals surface area contributed by atoms with Crippen LogP contribution < -0.4 is 15.8 Å². The summed E-state index contributed by atoms with van der Waals surface area (Å²) in [7, 11) is -3.66. The van der Waals surface area contributed by atoms with Crippen molar-refractivity contribution in [3.63, 3.8) is 0 Å². The molecule has 2 fully saturated rings. The highest BCUT2D eigenvalue weighted by molar-refractivity contribution is 7.92. The number of anilines is 2. The van der Waals surface area contributed by atoms with Gasteiger partial charge in [-0.1, -0.05) is 13.0 Å². The number of hydrogen-bond donors (Lipinski definition) is 3. The summed E-state index contributed by atoms with van der Waals surface area (Å²) >= 11 is 1.51. The number of sulfonamides is 1. The summed E-state index contributed by atoms with van der Waals surface area (Å²) in [6, 6.07) is 6.43. The quantitative estimate of drug-likeness (QED) is 0.318. The molecule has 4 N–H and O–H groups in total. The van der Waals surface area contributed by atoms with Crippen LogP contribution in [0.2, 0.25) is 0 Å². The average Bonchev–Trinajstić information content (AvgIpc) is 3.36. The van der Waals surface area contributed by atoms with Gasteiger partial charge in [0.1, 0.15) is 0 Å². The number of nitrogens with zero attached hydrogens (tertiary/aromatic N) is 4. The molecular weight excluding hydrogens is 573 g/mol. The van der Waals surface area contributed by atoms with Crippen LogP contribution in [0.5, 0.6) is 0 Å². The molecule has 3 aromatic rings. The van der Waals surface area contributed by atoms with E-state index >= 15 is 4.39 Å². The van der Waals surface area contributed by atoms with Crippen LogP contribution in [-0.4, -0.2) is 66.7 Å². The average molecular weight is 610 g/mol. The molecule has 2 aromatic heterocycles. The molecule has 0 bridgehead atoms. The molecule has 4 heterocycles. The summed E-state index contributed by atoms with van der Waals surface area (Å²) in [4.78, 5) is 16.6. The van der Waals surface area contributed by atoms with E-state index in [1.54, 1.807) is 31.3 Å². The maximum absolute atomic E-state index is 15.8. The van der Waals surface area contributed by atoms with E-state index in [1.807, 2.05) is 0 Å². The molecule has 0 radical (unpaired) electrons. The normalized spacial score (nSPS) is 17.4. The molecule has 0 spiro atoms. The van der Waals surface area contributed by atoms with Gasteiger partial charge in [-0.3, -0.25) is 4.72 Å². The molecule has 0 unspecified atom stereocenters. The van der Waals surface area contributed by atoms with E-state index < -0.39 is 15.8 Å². The van der Waals surface area contributed by atoms with Crippen LogP contribution in [-0.2, 0) is 10.0 Å². The van der Waals surface area contributed by atoms with Gasteiger partial charge in [0.2, 0.25) is 16.0 Å². The zero-order chi connectivity index (χ0) is 27.4. The molecule has 2 aliphatic rings. The van der Waals surface area contributed by atoms with Crippen molar-refractivity contribution in [1.29, 1.82) is 0 Å². The van der Waals surface area contributed by atoms with Crippen molar-refractivity contribution in [2.24, 2.45) is 5.92 Å². The van der Waals surface area contributed by atoms with Gasteiger partial charge in [0, 0.05) is 24.2 Å². The Labute approximate surface area is 245 Å². The number of benzene rings is 1. The van der Waals surface area contributed by atoms with Gasteiger partial charge < -0.3 is 16.0 Å². The number of likely N-dealkylation sites (tertiary alicyclic amines) is 1. The zero-order valence-corrected chi connectivity index (χ0v) is 25.1. The largest absolute Gasteiger partial charge is 0.368 e. The number of aromatic nitrogens is 3. The number of rotatable bonds is 9. The molecule has 0 atom stereocenters. The van der Waals surface area contributed by atoms with Gasteiger partial charge >= 0.3 is 0 Å². The molecule has 2 aliphatic heterocycles. The maximum atomic E-state index is 15.8. The molecule has 0 amide bonds. The molecule has 218 valence electrons. The monoisotopic (exact) mass is 609 g/mol. The Hall–Kier alpha value is -2.38. The summed E-state index contributed by atoms with van der Waals surface area (Å²) in [6.45, 7) is 7.16. The predicted molar refractivity (Wildman–Crippen MR) is 162 cm³/mol. The van der Waals surface area contributed by atoms with E-state index in [-0.39, 0.29) is 41.3 Å². The van der Waals surface area contributed by atoms with Crippen LogP contribution in [0.1, 0.15) is 50.0 Å². The Balaban J connectivity index is 0.00000370. The minimum atomic E-state index is -3.66. The molecule has 5 rings (SSSR count). The first-order chi connectivity index (χ1) is 18.8. The lowest BCUT2D eigenvalue weighted by Gasteiger charge is -2.34. The lowest BCUT2D eigenvalue weighted by molar-refractivity contribution is 0.167. The second-order valence-electron chi connectivity index (χ2n) is 10.4. The smallest absolute Gasteiger partial charge is 0.232 e. The number of halogens is 2. The number of nitrogens with one attached hydrogen (secondary N) is 2. The predicted octanol–water partition coefficient (Wildman–Crippen LogP) is 4.74. The first-order valence-corrected chi connectivity index (χ1v) is 16.1. The Morgan fingerprint density at radius 1 is 1.15 bits per heavy atom. The molecule has 40 heavy (non-hydrogen) atoms. The fraction of sp³-hybridized carbons (Fsp3) is 0.519. The van der Waals surface area contributed by atoms with E-state index in [0.717, 1.165) is 56.5 Å². The Bertz CT molecular complexity index is 1390. The topological polar surface area (TPSA) is 126 Å². The minimum absolute atomic E-state index is 0. The van der Waals surface area contributed by atoms with E-state index in [2.05, 4.69) is 24.9 Å². The van der Waals surface area contributed by atoms with E-state index in [1.165, 1.54) is 30.2 Å². The second-order valence-corrected chi connectivity index (χ2v) is 13.3. The van der Waals surface area contributed by atoms with Crippen LogP contribution >= 0.6 is 23.7 Å². The molecule has 2 saturated heterocycles. The zero-order valence-electron chi connectivity index (χ0n) is 22.6. The number of hydrogen-bond acceptors (Lipinski definition) is 9. The fourth-order valence-electron chi connectivity index (χ4n) is 5.44. The van der Waals surface area contributed by atoms with Crippen molar-refractivity contribution >= 4 is 45.4 Å². The van der Waals surface area contributed by atoms with Crippen molar-refractivity contribution in [3.8, 4) is 21.8 Å². The maximum Gasteiger partial charge on any atom is 0.232 e. The molecule has 13 heteroatoms. The highest BCUT2D eigenvalue weighted by atomic mass is 35.5. The molecule has 0 saturated carbocycles. The molecular formula is C27H37ClFN7O2S2. The third-order valence-electron chi connectivity index (χ3n) is 7.45. The van der Waals surface area contributed by atoms with Gasteiger partial charge in [0.05, 0.1) is 32.7 Å². The SMILES string of the molecule is CCCS(=O)(=O)Nc1cccc(-c2nc(C3CCN(CC4CCNCC4)CC3)sc2-c2ccnc(N)n2)c1F.Cl. The third-order valence-corrected chi connectivity index (χ3v) is 10.2. The standard InChI is InChI=1S/C27H36FN7O2S2.ClH/c1-2-16-39(36,37)34-21-5-3-4-20(23(21)28)24-25(22-8-13-31-27(29)32-22)38-26(33-24)19-9-14-35(15-10-19)17-18-6-11-30-12-7-18;/h3-5,8,13,18-19,30,34H,2,6-7,9-12,14-17H2,1H3,(H2,29,31,32);1H. The summed E-state index contributed by atoms with van der Waals surface area (Å²) in [5, 5.41) is 4.38. The van der Waals surface area contributed by atoms with Crippen molar-refractivity contribution in [2.75, 3.05) is 48.9 Å². The lowest BCUT2D eigenvalue weighted by Crippen LogP contribution is -2.39. The summed E-state index contributed by atoms with van der Waals surface area (Å²) in [6.07, 6.45) is 6.46. The highest BCUT2D eigenvalue weighted by Crippen LogP contribution is 2.42. The summed E-state index contributed by atoms with van der Waals surface area (Å²) < 4.78 is 42.9. The summed E-state index contributed by atoms with van der Waals surface area (Å²) in [5.41, 5.74) is 7.03. The van der Waals surface area contributed by atoms with Crippen molar-refractivity contribution in [3.05, 3.63) is 41.3 Å². The highest BCUT2D eigenvalue weighted by Gasteiger charge is 2.28. The Morgan fingerprint density at radius 2 is 1.90 bits per heavy atom. The molecule has 0 aliphatic carbocycles. The van der Waals surface area contributed by atoms with Crippen LogP contribution in [0.15, 0.2) is 30.5 Å². The molecule has 1 aromatic carbocycles. The number of nitrogen functional groups attached to an aromatic ring is 1. The van der Waals surface area contributed by atoms with Gasteiger partial charge in [-0.25, -0.2) is 27.8 Å². The minimum Gasteiger partial charge on any atom is -0.368 e. The van der Waals surface area contributed by atoms with E-state index in [0.29, 0.717) is 22.7 Å². The van der Waals surface area contributed by atoms with Crippen molar-refractivity contribution < 1.29 is 12.8 Å². The van der Waals surface area contributed by atoms with Crippen LogP contribution in [0.4, 0.5) is 16.0 Å². The van der Waals surface area contributed by atoms with E-state index in [4.69, 9.17) is 10.7 Å². The molecule has 9 nitrogen and oxygen atoms in total. The second kappa shape index (κ2) is 13.5. The fourth-order valence-corrected chi connectivity index (χ4v) is 7.79. The van der Waals surface area contributed by atoms with Crippen LogP contribution in [0, 0.1) is 11.7 Å². The summed E-state index contributed by atoms with van der Waals surface area (Å²) in [5.74, 6) is 0.406. The lowest BCUT2D eigenvalue weighted by atomic mass is 9.93. The third kappa shape index (κ3) is 7.27. The van der Waals surface area contributed by atoms with Gasteiger partial charge in [0.15, 0.2) is 5.82 Å².